The third kappa shape index (κ3) is 6.60. The van der Waals surface area contributed by atoms with Gasteiger partial charge in [-0.2, -0.15) is 0 Å². The van der Waals surface area contributed by atoms with E-state index in [1.807, 2.05) is 36.4 Å². The van der Waals surface area contributed by atoms with Gasteiger partial charge < -0.3 is 4.74 Å². The van der Waals surface area contributed by atoms with Crippen molar-refractivity contribution in [3.05, 3.63) is 192 Å². The molecule has 0 radical (unpaired) electrons. The van der Waals surface area contributed by atoms with Crippen LogP contribution < -0.4 is 4.74 Å². The Hall–Kier alpha value is -6.91. The Kier molecular flexibility index (Phi) is 9.38. The SMILES string of the molecule is C=N/C(=N\C(=N/CC1=CCC(C)C=C1)c1ccc(-c2ccccc2)cc1)c1cccc(Oc2ccccc2-c2ccc3c4c(cccc24)-c2ccccc2-3)c1C. The molecule has 1 atom stereocenters. The summed E-state index contributed by atoms with van der Waals surface area (Å²) < 4.78 is 6.83. The molecule has 1 unspecified atom stereocenters. The van der Waals surface area contributed by atoms with E-state index in [1.54, 1.807) is 0 Å². The highest BCUT2D eigenvalue weighted by Crippen LogP contribution is 2.50. The fourth-order valence-corrected chi connectivity index (χ4v) is 7.88. The smallest absolute Gasteiger partial charge is 0.161 e. The zero-order valence-electron chi connectivity index (χ0n) is 31.6. The van der Waals surface area contributed by atoms with E-state index in [2.05, 4.69) is 159 Å². The molecule has 4 nitrogen and oxygen atoms in total. The molecule has 0 spiro atoms. The molecule has 0 saturated carbocycles. The van der Waals surface area contributed by atoms with Crippen molar-refractivity contribution in [1.82, 2.24) is 0 Å². The molecule has 9 rings (SSSR count). The molecule has 270 valence electrons. The van der Waals surface area contributed by atoms with Crippen LogP contribution >= 0.6 is 0 Å². The summed E-state index contributed by atoms with van der Waals surface area (Å²) in [6.45, 7) is 8.77. The van der Waals surface area contributed by atoms with Gasteiger partial charge in [-0.3, -0.25) is 4.99 Å². The van der Waals surface area contributed by atoms with Crippen LogP contribution in [0.3, 0.4) is 0 Å². The summed E-state index contributed by atoms with van der Waals surface area (Å²) in [5, 5.41) is 2.50. The monoisotopic (exact) mass is 723 g/mol. The van der Waals surface area contributed by atoms with E-state index in [0.717, 1.165) is 56.9 Å². The second-order valence-corrected chi connectivity index (χ2v) is 14.5. The molecule has 7 aromatic rings. The summed E-state index contributed by atoms with van der Waals surface area (Å²) in [6.07, 6.45) is 7.70. The average molecular weight is 724 g/mol. The molecule has 7 aromatic carbocycles. The Morgan fingerprint density at radius 1 is 0.625 bits per heavy atom. The van der Waals surface area contributed by atoms with Crippen molar-refractivity contribution in [3.8, 4) is 56.0 Å². The number of hydrogen-bond donors (Lipinski definition) is 0. The third-order valence-electron chi connectivity index (χ3n) is 10.9. The van der Waals surface area contributed by atoms with E-state index in [0.29, 0.717) is 24.1 Å². The van der Waals surface area contributed by atoms with Crippen molar-refractivity contribution >= 4 is 29.2 Å². The van der Waals surface area contributed by atoms with Gasteiger partial charge in [0.05, 0.1) is 6.54 Å². The number of fused-ring (bicyclic) bond motifs is 3. The predicted octanol–water partition coefficient (Wildman–Crippen LogP) is 13.3. The number of benzene rings is 7. The maximum absolute atomic E-state index is 6.83. The first kappa shape index (κ1) is 34.8. The highest BCUT2D eigenvalue weighted by Gasteiger charge is 2.23. The minimum atomic E-state index is 0.487. The zero-order valence-corrected chi connectivity index (χ0v) is 31.6. The third-order valence-corrected chi connectivity index (χ3v) is 10.9. The molecule has 0 aromatic heterocycles. The second kappa shape index (κ2) is 15.1. The first-order chi connectivity index (χ1) is 27.6. The standard InChI is InChI=1S/C52H41N3O/c1-34-23-25-36(26-24-34)33-54-51(39-29-27-38(28-30-39)37-13-5-4-6-14-37)55-52(53-3)40-18-12-22-48(35(40)2)56-49-21-10-9-17-44(49)43-31-32-47-42-16-8-7-15-41(42)45-19-11-20-46(43)50(45)47/h4-23,25-32,34H,3,24,33H2,1-2H3/b54-51-,55-52-. The molecular formula is C52H41N3O. The summed E-state index contributed by atoms with van der Waals surface area (Å²) in [5.74, 6) is 3.12. The maximum Gasteiger partial charge on any atom is 0.161 e. The molecular weight excluding hydrogens is 683 g/mol. The molecule has 0 heterocycles. The van der Waals surface area contributed by atoms with E-state index >= 15 is 0 Å². The average Bonchev–Trinajstić information content (AvgIpc) is 3.58. The highest BCUT2D eigenvalue weighted by molar-refractivity contribution is 6.19. The lowest BCUT2D eigenvalue weighted by Crippen LogP contribution is -2.08. The molecule has 4 heteroatoms. The van der Waals surface area contributed by atoms with Crippen LogP contribution in [-0.2, 0) is 0 Å². The summed E-state index contributed by atoms with van der Waals surface area (Å²) in [6, 6.07) is 52.8. The van der Waals surface area contributed by atoms with Gasteiger partial charge in [0.1, 0.15) is 11.5 Å². The molecule has 2 aliphatic carbocycles. The highest BCUT2D eigenvalue weighted by atomic mass is 16.5. The Labute approximate surface area is 328 Å². The minimum Gasteiger partial charge on any atom is -0.456 e. The van der Waals surface area contributed by atoms with Crippen LogP contribution in [0.4, 0.5) is 0 Å². The number of allylic oxidation sites excluding steroid dienone is 2. The van der Waals surface area contributed by atoms with Gasteiger partial charge in [0.15, 0.2) is 11.7 Å². The molecule has 0 saturated heterocycles. The fraction of sp³-hybridized carbons (Fsp3) is 0.0962. The van der Waals surface area contributed by atoms with Crippen molar-refractivity contribution in [1.29, 1.82) is 0 Å². The van der Waals surface area contributed by atoms with E-state index in [9.17, 15) is 0 Å². The topological polar surface area (TPSA) is 46.3 Å². The van der Waals surface area contributed by atoms with Gasteiger partial charge in [-0.1, -0.05) is 165 Å². The number of rotatable bonds is 8. The van der Waals surface area contributed by atoms with Gasteiger partial charge in [-0.15, -0.1) is 0 Å². The summed E-state index contributed by atoms with van der Waals surface area (Å²) >= 11 is 0. The molecule has 2 aliphatic rings. The number of ether oxygens (including phenoxy) is 1. The van der Waals surface area contributed by atoms with Crippen LogP contribution in [0.5, 0.6) is 11.5 Å². The molecule has 0 N–H and O–H groups in total. The van der Waals surface area contributed by atoms with Crippen LogP contribution in [0, 0.1) is 12.8 Å². The van der Waals surface area contributed by atoms with Crippen LogP contribution in [-0.4, -0.2) is 24.9 Å². The largest absolute Gasteiger partial charge is 0.456 e. The second-order valence-electron chi connectivity index (χ2n) is 14.5. The number of amidine groups is 2. The van der Waals surface area contributed by atoms with Gasteiger partial charge in [0.25, 0.3) is 0 Å². The Bertz CT molecular complexity index is 2720. The number of aliphatic imine (C=N–C) groups is 3. The van der Waals surface area contributed by atoms with Crippen molar-refractivity contribution in [3.63, 3.8) is 0 Å². The molecule has 0 bridgehead atoms. The van der Waals surface area contributed by atoms with Crippen molar-refractivity contribution in [2.75, 3.05) is 6.54 Å². The quantitative estimate of drug-likeness (QED) is 0.114. The van der Waals surface area contributed by atoms with E-state index < -0.39 is 0 Å². The minimum absolute atomic E-state index is 0.487. The van der Waals surface area contributed by atoms with Crippen molar-refractivity contribution < 1.29 is 4.74 Å². The maximum atomic E-state index is 6.83. The lowest BCUT2D eigenvalue weighted by Gasteiger charge is -2.17. The van der Waals surface area contributed by atoms with Gasteiger partial charge >= 0.3 is 0 Å². The summed E-state index contributed by atoms with van der Waals surface area (Å²) in [5.41, 5.74) is 13.4. The predicted molar refractivity (Wildman–Crippen MR) is 235 cm³/mol. The first-order valence-corrected chi connectivity index (χ1v) is 19.2. The van der Waals surface area contributed by atoms with Crippen LogP contribution in [0.2, 0.25) is 0 Å². The van der Waals surface area contributed by atoms with Gasteiger partial charge in [-0.25, -0.2) is 9.98 Å². The van der Waals surface area contributed by atoms with Crippen LogP contribution in [0.1, 0.15) is 30.0 Å². The number of nitrogens with zero attached hydrogens (tertiary/aromatic N) is 3. The molecule has 0 aliphatic heterocycles. The fourth-order valence-electron chi connectivity index (χ4n) is 7.88. The molecule has 0 amide bonds. The number of para-hydroxylation sites is 1. The summed E-state index contributed by atoms with van der Waals surface area (Å²) in [7, 11) is 0. The van der Waals surface area contributed by atoms with Gasteiger partial charge in [-0.05, 0) is 93.4 Å². The van der Waals surface area contributed by atoms with E-state index in [1.165, 1.54) is 38.6 Å². The Morgan fingerprint density at radius 3 is 2.02 bits per heavy atom. The van der Waals surface area contributed by atoms with Crippen molar-refractivity contribution in [2.24, 2.45) is 20.9 Å². The van der Waals surface area contributed by atoms with E-state index in [4.69, 9.17) is 14.7 Å². The Morgan fingerprint density at radius 2 is 1.27 bits per heavy atom. The normalized spacial score (nSPS) is 14.8. The molecule has 0 fully saturated rings. The summed E-state index contributed by atoms with van der Waals surface area (Å²) in [4.78, 5) is 14.7. The van der Waals surface area contributed by atoms with E-state index in [-0.39, 0.29) is 0 Å². The number of hydrogen-bond acceptors (Lipinski definition) is 2. The molecule has 56 heavy (non-hydrogen) atoms. The Balaban J connectivity index is 1.07. The van der Waals surface area contributed by atoms with Crippen molar-refractivity contribution in [2.45, 2.75) is 20.3 Å². The lowest BCUT2D eigenvalue weighted by atomic mass is 9.94. The van der Waals surface area contributed by atoms with Gasteiger partial charge in [0, 0.05) is 22.3 Å². The van der Waals surface area contributed by atoms with Gasteiger partial charge in [0.2, 0.25) is 0 Å². The zero-order chi connectivity index (χ0) is 38.0. The first-order valence-electron chi connectivity index (χ1n) is 19.2. The van der Waals surface area contributed by atoms with Crippen LogP contribution in [0.15, 0.2) is 190 Å². The lowest BCUT2D eigenvalue weighted by molar-refractivity contribution is 0.480. The van der Waals surface area contributed by atoms with Crippen LogP contribution in [0.25, 0.3) is 55.3 Å².